The van der Waals surface area contributed by atoms with Gasteiger partial charge in [-0.15, -0.1) is 0 Å². The highest BCUT2D eigenvalue weighted by Gasteiger charge is 2.17. The second-order valence-corrected chi connectivity index (χ2v) is 10.9. The van der Waals surface area contributed by atoms with Gasteiger partial charge < -0.3 is 10.2 Å². The number of fused-ring (bicyclic) bond motifs is 1. The summed E-state index contributed by atoms with van der Waals surface area (Å²) in [5.74, 6) is 2.43. The van der Waals surface area contributed by atoms with E-state index in [0.717, 1.165) is 30.6 Å². The lowest BCUT2D eigenvalue weighted by Gasteiger charge is -2.15. The van der Waals surface area contributed by atoms with Gasteiger partial charge in [0.1, 0.15) is 18.2 Å². The fourth-order valence-corrected chi connectivity index (χ4v) is 4.96. The average Bonchev–Trinajstić information content (AvgIpc) is 2.80. The van der Waals surface area contributed by atoms with Crippen molar-refractivity contribution in [3.05, 3.63) is 47.0 Å². The van der Waals surface area contributed by atoms with Crippen molar-refractivity contribution < 1.29 is 14.6 Å². The lowest BCUT2D eigenvalue weighted by molar-refractivity contribution is 0.389. The molecule has 0 aliphatic carbocycles. The maximum atomic E-state index is 13.7. The summed E-state index contributed by atoms with van der Waals surface area (Å²) in [6.45, 7) is 10.7. The van der Waals surface area contributed by atoms with Gasteiger partial charge in [0.05, 0.1) is 0 Å². The van der Waals surface area contributed by atoms with E-state index in [1.165, 1.54) is 50.5 Å². The van der Waals surface area contributed by atoms with Gasteiger partial charge in [0.15, 0.2) is 0 Å². The minimum atomic E-state index is -0.791. The van der Waals surface area contributed by atoms with Gasteiger partial charge in [0.25, 0.3) is 0 Å². The minimum absolute atomic E-state index is 0.0555. The van der Waals surface area contributed by atoms with Crippen LogP contribution in [0, 0.1) is 17.8 Å². The molecule has 0 unspecified atom stereocenters. The molecular weight excluding hydrogens is 423 g/mol. The van der Waals surface area contributed by atoms with Crippen molar-refractivity contribution in [3.63, 3.8) is 0 Å². The van der Waals surface area contributed by atoms with Gasteiger partial charge in [-0.3, -0.25) is 0 Å². The molecule has 0 amide bonds. The third kappa shape index (κ3) is 8.64. The molecule has 0 bridgehead atoms. The molecule has 2 aromatic carbocycles. The predicted octanol–water partition coefficient (Wildman–Crippen LogP) is 9.65. The Balaban J connectivity index is 1.79. The molecule has 2 N–H and O–H groups in total. The summed E-state index contributed by atoms with van der Waals surface area (Å²) in [6.07, 6.45) is 14.0. The third-order valence-electron chi connectivity index (χ3n) is 7.30. The summed E-state index contributed by atoms with van der Waals surface area (Å²) in [6, 6.07) is 7.07. The highest BCUT2D eigenvalue weighted by atomic mass is 19.1. The molecular formula is C31H47FO2. The average molecular weight is 471 g/mol. The van der Waals surface area contributed by atoms with Crippen molar-refractivity contribution in [3.8, 4) is 11.5 Å². The number of rotatable bonds is 15. The summed E-state index contributed by atoms with van der Waals surface area (Å²) in [5.41, 5.74) is 1.95. The SMILES string of the molecule is C/C(=C\Cc1c(CF)c(O)c2ccccc2c1O)CCC[C@H](C)CCC[C@H](C)CCCC(C)C. The number of aromatic hydroxyl groups is 2. The van der Waals surface area contributed by atoms with E-state index in [0.29, 0.717) is 22.8 Å². The number of allylic oxidation sites excluding steroid dienone is 2. The monoisotopic (exact) mass is 470 g/mol. The number of hydrogen-bond acceptors (Lipinski definition) is 2. The Bertz CT molecular complexity index is 915. The maximum Gasteiger partial charge on any atom is 0.129 e. The molecule has 2 aromatic rings. The number of hydrogen-bond donors (Lipinski definition) is 2. The van der Waals surface area contributed by atoms with Crippen LogP contribution in [-0.4, -0.2) is 10.2 Å². The zero-order valence-electron chi connectivity index (χ0n) is 22.2. The molecule has 0 saturated heterocycles. The van der Waals surface area contributed by atoms with Crippen LogP contribution in [0.5, 0.6) is 11.5 Å². The molecule has 2 atom stereocenters. The molecule has 2 nitrogen and oxygen atoms in total. The highest BCUT2D eigenvalue weighted by Crippen LogP contribution is 2.40. The Morgan fingerprint density at radius 2 is 1.29 bits per heavy atom. The first-order valence-electron chi connectivity index (χ1n) is 13.4. The van der Waals surface area contributed by atoms with Crippen molar-refractivity contribution >= 4 is 10.8 Å². The van der Waals surface area contributed by atoms with Crippen LogP contribution in [0.25, 0.3) is 10.8 Å². The van der Waals surface area contributed by atoms with Crippen LogP contribution in [0.2, 0.25) is 0 Å². The van der Waals surface area contributed by atoms with Crippen LogP contribution in [0.15, 0.2) is 35.9 Å². The van der Waals surface area contributed by atoms with Gasteiger partial charge >= 0.3 is 0 Å². The standard InChI is InChI=1S/C31H47FO2/c1-22(2)11-8-12-23(3)13-9-14-24(4)15-10-16-25(5)19-20-28-29(21-32)31(34)27-18-7-6-17-26(27)30(28)33/h6-7,17-19,22-24,33-34H,8-16,20-21H2,1-5H3/b25-19+/t23-,24-/m1/s1. The molecule has 0 heterocycles. The van der Waals surface area contributed by atoms with Crippen LogP contribution < -0.4 is 0 Å². The number of benzene rings is 2. The van der Waals surface area contributed by atoms with E-state index >= 15 is 0 Å². The molecule has 34 heavy (non-hydrogen) atoms. The number of halogens is 1. The van der Waals surface area contributed by atoms with Crippen molar-refractivity contribution in [1.82, 2.24) is 0 Å². The zero-order valence-corrected chi connectivity index (χ0v) is 22.2. The quantitative estimate of drug-likeness (QED) is 0.201. The highest BCUT2D eigenvalue weighted by molar-refractivity contribution is 5.95. The molecule has 190 valence electrons. The summed E-state index contributed by atoms with van der Waals surface area (Å²) in [5, 5.41) is 22.3. The number of phenolic OH excluding ortho intramolecular Hbond substituents is 2. The van der Waals surface area contributed by atoms with Crippen LogP contribution in [0.4, 0.5) is 4.39 Å². The molecule has 0 fully saturated rings. The fraction of sp³-hybridized carbons (Fsp3) is 0.613. The van der Waals surface area contributed by atoms with Crippen LogP contribution in [0.3, 0.4) is 0 Å². The fourth-order valence-electron chi connectivity index (χ4n) is 4.96. The zero-order chi connectivity index (χ0) is 25.1. The van der Waals surface area contributed by atoms with Gasteiger partial charge in [0, 0.05) is 21.9 Å². The van der Waals surface area contributed by atoms with Crippen LogP contribution >= 0.6 is 0 Å². The summed E-state index contributed by atoms with van der Waals surface area (Å²) in [7, 11) is 0. The first-order valence-corrected chi connectivity index (χ1v) is 13.4. The summed E-state index contributed by atoms with van der Waals surface area (Å²) >= 11 is 0. The van der Waals surface area contributed by atoms with E-state index < -0.39 is 6.67 Å². The molecule has 0 spiro atoms. The van der Waals surface area contributed by atoms with E-state index in [1.54, 1.807) is 18.2 Å². The van der Waals surface area contributed by atoms with Gasteiger partial charge in [0.2, 0.25) is 0 Å². The predicted molar refractivity (Wildman–Crippen MR) is 144 cm³/mol. The molecule has 0 aliphatic rings. The summed E-state index contributed by atoms with van der Waals surface area (Å²) in [4.78, 5) is 0. The largest absolute Gasteiger partial charge is 0.507 e. The molecule has 0 aromatic heterocycles. The Kier molecular flexibility index (Phi) is 11.9. The first kappa shape index (κ1) is 28.2. The van der Waals surface area contributed by atoms with E-state index in [9.17, 15) is 14.6 Å². The Labute approximate surface area is 207 Å². The molecule has 0 saturated carbocycles. The van der Waals surface area contributed by atoms with E-state index in [1.807, 2.05) is 6.07 Å². The molecule has 2 rings (SSSR count). The Morgan fingerprint density at radius 3 is 1.82 bits per heavy atom. The Hall–Kier alpha value is -2.03. The lowest BCUT2D eigenvalue weighted by atomic mass is 9.91. The maximum absolute atomic E-state index is 13.7. The van der Waals surface area contributed by atoms with Gasteiger partial charge in [-0.2, -0.15) is 0 Å². The second kappa shape index (κ2) is 14.4. The normalized spacial score (nSPS) is 14.1. The van der Waals surface area contributed by atoms with Crippen LogP contribution in [-0.2, 0) is 13.1 Å². The smallest absolute Gasteiger partial charge is 0.129 e. The summed E-state index contributed by atoms with van der Waals surface area (Å²) < 4.78 is 13.7. The lowest BCUT2D eigenvalue weighted by Crippen LogP contribution is -2.00. The van der Waals surface area contributed by atoms with Crippen molar-refractivity contribution in [2.24, 2.45) is 17.8 Å². The number of phenols is 2. The second-order valence-electron chi connectivity index (χ2n) is 10.9. The first-order chi connectivity index (χ1) is 16.2. The molecule has 0 aliphatic heterocycles. The minimum Gasteiger partial charge on any atom is -0.507 e. The molecule has 3 heteroatoms. The number of alkyl halides is 1. The van der Waals surface area contributed by atoms with Gasteiger partial charge in [-0.1, -0.05) is 109 Å². The Morgan fingerprint density at radius 1 is 0.794 bits per heavy atom. The van der Waals surface area contributed by atoms with E-state index in [-0.39, 0.29) is 17.1 Å². The topological polar surface area (TPSA) is 40.5 Å². The van der Waals surface area contributed by atoms with Gasteiger partial charge in [-0.25, -0.2) is 4.39 Å². The van der Waals surface area contributed by atoms with Crippen molar-refractivity contribution in [1.29, 1.82) is 0 Å². The van der Waals surface area contributed by atoms with Crippen molar-refractivity contribution in [2.45, 2.75) is 106 Å². The van der Waals surface area contributed by atoms with Crippen LogP contribution in [0.1, 0.15) is 104 Å². The third-order valence-corrected chi connectivity index (χ3v) is 7.30. The van der Waals surface area contributed by atoms with E-state index in [4.69, 9.17) is 0 Å². The molecule has 0 radical (unpaired) electrons. The van der Waals surface area contributed by atoms with Gasteiger partial charge in [-0.05, 0) is 43.9 Å². The van der Waals surface area contributed by atoms with E-state index in [2.05, 4.69) is 40.7 Å². The van der Waals surface area contributed by atoms with Crippen molar-refractivity contribution in [2.75, 3.05) is 0 Å².